The van der Waals surface area contributed by atoms with Gasteiger partial charge < -0.3 is 9.84 Å². The van der Waals surface area contributed by atoms with Crippen molar-refractivity contribution in [3.8, 4) is 17.1 Å². The number of carboxylic acid groups (broad SMARTS) is 1. The van der Waals surface area contributed by atoms with E-state index in [0.717, 1.165) is 29.9 Å². The Hall–Kier alpha value is -3.15. The van der Waals surface area contributed by atoms with Crippen LogP contribution in [0.2, 0.25) is 0 Å². The fourth-order valence-electron chi connectivity index (χ4n) is 3.45. The molecule has 0 bridgehead atoms. The summed E-state index contributed by atoms with van der Waals surface area (Å²) in [7, 11) is 0. The zero-order valence-corrected chi connectivity index (χ0v) is 17.7. The average molecular weight is 408 g/mol. The summed E-state index contributed by atoms with van der Waals surface area (Å²) in [6.07, 6.45) is 5.32. The van der Waals surface area contributed by atoms with Crippen molar-refractivity contribution in [2.24, 2.45) is 0 Å². The van der Waals surface area contributed by atoms with Crippen LogP contribution in [0.25, 0.3) is 11.1 Å². The summed E-state index contributed by atoms with van der Waals surface area (Å²) in [4.78, 5) is 16.1. The predicted molar refractivity (Wildman–Crippen MR) is 117 cm³/mol. The van der Waals surface area contributed by atoms with Gasteiger partial charge in [-0.25, -0.2) is 9.48 Å². The molecule has 0 unspecified atom stereocenters. The second kappa shape index (κ2) is 10.6. The highest BCUT2D eigenvalue weighted by Crippen LogP contribution is 2.25. The first-order valence-corrected chi connectivity index (χ1v) is 10.6. The molecule has 0 amide bonds. The molecule has 1 aromatic heterocycles. The van der Waals surface area contributed by atoms with Gasteiger partial charge in [0.25, 0.3) is 0 Å². The normalized spacial score (nSPS) is 10.9. The van der Waals surface area contributed by atoms with Crippen molar-refractivity contribution in [1.82, 2.24) is 14.8 Å². The standard InChI is InChI=1S/C24H29N3O3/c1-3-5-6-9-16-27-22(25-24(26-27)30-4-2)17-18-12-14-19(15-13-18)20-10-7-8-11-21(20)23(28)29/h7-8,10-15H,3-6,9,16-17H2,1-2H3,(H,28,29). The first-order chi connectivity index (χ1) is 14.6. The molecule has 3 rings (SSSR count). The van der Waals surface area contributed by atoms with Crippen molar-refractivity contribution in [2.45, 2.75) is 52.5 Å². The van der Waals surface area contributed by atoms with Crippen LogP contribution in [-0.4, -0.2) is 32.4 Å². The minimum absolute atomic E-state index is 0.304. The molecular formula is C24H29N3O3. The minimum Gasteiger partial charge on any atom is -0.478 e. The second-order valence-corrected chi connectivity index (χ2v) is 7.25. The summed E-state index contributed by atoms with van der Waals surface area (Å²) < 4.78 is 7.46. The molecule has 3 aromatic rings. The van der Waals surface area contributed by atoms with Crippen molar-refractivity contribution >= 4 is 5.97 Å². The van der Waals surface area contributed by atoms with E-state index in [4.69, 9.17) is 4.74 Å². The van der Waals surface area contributed by atoms with Gasteiger partial charge in [0.2, 0.25) is 0 Å². The quantitative estimate of drug-likeness (QED) is 0.441. The molecule has 0 aliphatic heterocycles. The topological polar surface area (TPSA) is 77.2 Å². The van der Waals surface area contributed by atoms with Crippen LogP contribution in [-0.2, 0) is 13.0 Å². The van der Waals surface area contributed by atoms with Gasteiger partial charge in [-0.3, -0.25) is 0 Å². The molecule has 0 aliphatic rings. The maximum Gasteiger partial charge on any atom is 0.336 e. The van der Waals surface area contributed by atoms with Crippen molar-refractivity contribution in [2.75, 3.05) is 6.61 Å². The molecule has 0 fully saturated rings. The molecular weight excluding hydrogens is 378 g/mol. The Kier molecular flexibility index (Phi) is 7.60. The number of hydrogen-bond donors (Lipinski definition) is 1. The maximum absolute atomic E-state index is 11.5. The van der Waals surface area contributed by atoms with Crippen LogP contribution >= 0.6 is 0 Å². The van der Waals surface area contributed by atoms with Gasteiger partial charge in [-0.15, -0.1) is 5.10 Å². The van der Waals surface area contributed by atoms with Crippen molar-refractivity contribution < 1.29 is 14.6 Å². The monoisotopic (exact) mass is 407 g/mol. The Labute approximate surface area is 177 Å². The Balaban J connectivity index is 1.77. The van der Waals surface area contributed by atoms with E-state index in [-0.39, 0.29) is 0 Å². The first kappa shape index (κ1) is 21.6. The molecule has 6 heteroatoms. The Bertz CT molecular complexity index is 964. The lowest BCUT2D eigenvalue weighted by Gasteiger charge is -2.08. The fourth-order valence-corrected chi connectivity index (χ4v) is 3.45. The number of aryl methyl sites for hydroxylation is 1. The molecule has 158 valence electrons. The highest BCUT2D eigenvalue weighted by Gasteiger charge is 2.13. The number of aromatic nitrogens is 3. The van der Waals surface area contributed by atoms with Crippen molar-refractivity contribution in [1.29, 1.82) is 0 Å². The Morgan fingerprint density at radius 3 is 2.50 bits per heavy atom. The average Bonchev–Trinajstić information content (AvgIpc) is 3.13. The van der Waals surface area contributed by atoms with Crippen LogP contribution in [0.5, 0.6) is 6.01 Å². The molecule has 30 heavy (non-hydrogen) atoms. The molecule has 0 radical (unpaired) electrons. The highest BCUT2D eigenvalue weighted by atomic mass is 16.5. The Morgan fingerprint density at radius 1 is 1.03 bits per heavy atom. The number of rotatable bonds is 11. The molecule has 6 nitrogen and oxygen atoms in total. The van der Waals surface area contributed by atoms with E-state index in [1.807, 2.05) is 48.0 Å². The fraction of sp³-hybridized carbons (Fsp3) is 0.375. The van der Waals surface area contributed by atoms with Gasteiger partial charge in [-0.2, -0.15) is 4.98 Å². The van der Waals surface area contributed by atoms with Gasteiger partial charge in [0, 0.05) is 13.0 Å². The van der Waals surface area contributed by atoms with E-state index in [1.54, 1.807) is 12.1 Å². The molecule has 1 heterocycles. The molecule has 0 spiro atoms. The molecule has 2 aromatic carbocycles. The van der Waals surface area contributed by atoms with Gasteiger partial charge in [0.15, 0.2) is 0 Å². The summed E-state index contributed by atoms with van der Waals surface area (Å²) >= 11 is 0. The van der Waals surface area contributed by atoms with E-state index in [2.05, 4.69) is 17.0 Å². The van der Waals surface area contributed by atoms with Crippen molar-refractivity contribution in [3.05, 3.63) is 65.5 Å². The number of aromatic carboxylic acids is 1. The number of benzene rings is 2. The zero-order chi connectivity index (χ0) is 21.3. The SMILES string of the molecule is CCCCCCn1nc(OCC)nc1Cc1ccc(-c2ccccc2C(=O)O)cc1. The molecule has 0 aliphatic carbocycles. The Morgan fingerprint density at radius 2 is 1.80 bits per heavy atom. The number of unbranched alkanes of at least 4 members (excludes halogenated alkanes) is 3. The third kappa shape index (κ3) is 5.47. The van der Waals surface area contributed by atoms with Gasteiger partial charge >= 0.3 is 12.0 Å². The van der Waals surface area contributed by atoms with Crippen LogP contribution in [0.4, 0.5) is 0 Å². The number of carboxylic acids is 1. The van der Waals surface area contributed by atoms with Gasteiger partial charge in [0.1, 0.15) is 5.82 Å². The smallest absolute Gasteiger partial charge is 0.336 e. The molecule has 0 saturated carbocycles. The van der Waals surface area contributed by atoms with Crippen LogP contribution in [0.15, 0.2) is 48.5 Å². The number of carbonyl (C=O) groups is 1. The molecule has 1 N–H and O–H groups in total. The number of nitrogens with zero attached hydrogens (tertiary/aromatic N) is 3. The second-order valence-electron chi connectivity index (χ2n) is 7.25. The first-order valence-electron chi connectivity index (χ1n) is 10.6. The summed E-state index contributed by atoms with van der Waals surface area (Å²) in [6, 6.07) is 15.4. The van der Waals surface area contributed by atoms with E-state index < -0.39 is 5.97 Å². The summed E-state index contributed by atoms with van der Waals surface area (Å²) in [5.74, 6) is -0.0389. The van der Waals surface area contributed by atoms with Crippen LogP contribution in [0, 0.1) is 0 Å². The largest absolute Gasteiger partial charge is 0.478 e. The zero-order valence-electron chi connectivity index (χ0n) is 17.7. The number of ether oxygens (including phenoxy) is 1. The van der Waals surface area contributed by atoms with E-state index in [0.29, 0.717) is 30.2 Å². The maximum atomic E-state index is 11.5. The van der Waals surface area contributed by atoms with Crippen molar-refractivity contribution in [3.63, 3.8) is 0 Å². The highest BCUT2D eigenvalue weighted by molar-refractivity contribution is 5.95. The summed E-state index contributed by atoms with van der Waals surface area (Å²) in [5.41, 5.74) is 3.00. The van der Waals surface area contributed by atoms with Gasteiger partial charge in [0.05, 0.1) is 12.2 Å². The lowest BCUT2D eigenvalue weighted by atomic mass is 9.98. The summed E-state index contributed by atoms with van der Waals surface area (Å²) in [5, 5.41) is 13.9. The van der Waals surface area contributed by atoms with Crippen LogP contribution in [0.1, 0.15) is 61.3 Å². The third-order valence-corrected chi connectivity index (χ3v) is 5.01. The third-order valence-electron chi connectivity index (χ3n) is 5.01. The number of hydrogen-bond acceptors (Lipinski definition) is 4. The van der Waals surface area contributed by atoms with Gasteiger partial charge in [-0.1, -0.05) is 68.7 Å². The lowest BCUT2D eigenvalue weighted by molar-refractivity contribution is 0.0697. The lowest BCUT2D eigenvalue weighted by Crippen LogP contribution is -2.07. The van der Waals surface area contributed by atoms with Crippen LogP contribution in [0.3, 0.4) is 0 Å². The summed E-state index contributed by atoms with van der Waals surface area (Å²) in [6.45, 7) is 5.50. The van der Waals surface area contributed by atoms with E-state index >= 15 is 0 Å². The van der Waals surface area contributed by atoms with Crippen LogP contribution < -0.4 is 4.74 Å². The minimum atomic E-state index is -0.922. The predicted octanol–water partition coefficient (Wildman–Crippen LogP) is 5.21. The van der Waals surface area contributed by atoms with E-state index in [1.165, 1.54) is 19.3 Å². The molecule has 0 saturated heterocycles. The van der Waals surface area contributed by atoms with Gasteiger partial charge in [-0.05, 0) is 36.1 Å². The molecule has 0 atom stereocenters. The van der Waals surface area contributed by atoms with E-state index in [9.17, 15) is 9.90 Å².